The van der Waals surface area contributed by atoms with E-state index < -0.39 is 0 Å². The number of thioether (sulfide) groups is 1. The van der Waals surface area contributed by atoms with Crippen LogP contribution in [0.5, 0.6) is 5.75 Å². The molecule has 0 spiro atoms. The molecule has 0 radical (unpaired) electrons. The highest BCUT2D eigenvalue weighted by molar-refractivity contribution is 8.00. The Balaban J connectivity index is 0.700. The van der Waals surface area contributed by atoms with Crippen molar-refractivity contribution >= 4 is 58.5 Å². The van der Waals surface area contributed by atoms with E-state index in [1.807, 2.05) is 60.3 Å². The van der Waals surface area contributed by atoms with E-state index in [4.69, 9.17) is 14.2 Å². The summed E-state index contributed by atoms with van der Waals surface area (Å²) in [7, 11) is 0. The Morgan fingerprint density at radius 2 is 1.41 bits per heavy atom. The van der Waals surface area contributed by atoms with Gasteiger partial charge in [0, 0.05) is 66.6 Å². The Bertz CT molecular complexity index is 2530. The number of rotatable bonds is 26. The number of unbranched alkanes of at least 4 members (excludes halogenated alkanes) is 1. The first-order valence-corrected chi connectivity index (χ1v) is 24.8. The highest BCUT2D eigenvalue weighted by Gasteiger charge is 2.42. The number of urea groups is 1. The van der Waals surface area contributed by atoms with Crippen LogP contribution in [0.4, 0.5) is 21.9 Å². The number of amides is 6. The summed E-state index contributed by atoms with van der Waals surface area (Å²) in [5.74, 6) is 6.62. The largest absolute Gasteiger partial charge is 0.506 e. The molecule has 70 heavy (non-hydrogen) atoms. The quantitative estimate of drug-likeness (QED) is 0.0192. The van der Waals surface area contributed by atoms with Crippen molar-refractivity contribution < 1.29 is 43.3 Å². The minimum absolute atomic E-state index is 0.0113. The number of carbonyl (C=O) groups excluding carboxylic acids is 5. The number of para-hydroxylation sites is 1. The van der Waals surface area contributed by atoms with Gasteiger partial charge in [-0.2, -0.15) is 16.9 Å². The van der Waals surface area contributed by atoms with Crippen LogP contribution in [0.2, 0.25) is 0 Å². The van der Waals surface area contributed by atoms with Gasteiger partial charge >= 0.3 is 6.03 Å². The topological polar surface area (TPSA) is 221 Å². The van der Waals surface area contributed by atoms with E-state index in [2.05, 4.69) is 48.7 Å². The average molecular weight is 973 g/mol. The molecule has 0 bridgehead atoms. The molecule has 18 heteroatoms. The van der Waals surface area contributed by atoms with Crippen LogP contribution < -0.4 is 31.5 Å². The number of phenols is 1. The second-order valence-corrected chi connectivity index (χ2v) is 18.2. The van der Waals surface area contributed by atoms with Gasteiger partial charge < -0.3 is 50.8 Å². The summed E-state index contributed by atoms with van der Waals surface area (Å²) in [6, 6.07) is 27.1. The lowest BCUT2D eigenvalue weighted by Crippen LogP contribution is -2.36. The molecule has 0 unspecified atom stereocenters. The minimum atomic E-state index is -0.267. The van der Waals surface area contributed by atoms with Crippen molar-refractivity contribution in [3.8, 4) is 17.6 Å². The number of phenolic OH excluding ortho intramolecular Hbond substituents is 1. The molecule has 6 N–H and O–H groups in total. The molecule has 7 rings (SSSR count). The predicted octanol–water partition coefficient (Wildman–Crippen LogP) is 5.81. The summed E-state index contributed by atoms with van der Waals surface area (Å²) in [4.78, 5) is 64.3. The number of fused-ring (bicyclic) bond motifs is 3. The molecule has 3 aliphatic rings. The van der Waals surface area contributed by atoms with Gasteiger partial charge in [-0.1, -0.05) is 54.7 Å². The molecule has 4 aromatic carbocycles. The van der Waals surface area contributed by atoms with Crippen molar-refractivity contribution in [1.82, 2.24) is 26.6 Å². The molecule has 2 saturated heterocycles. The summed E-state index contributed by atoms with van der Waals surface area (Å²) >= 11 is 1.89. The van der Waals surface area contributed by atoms with Crippen LogP contribution in [0.3, 0.4) is 0 Å². The lowest BCUT2D eigenvalue weighted by Gasteiger charge is -2.26. The first-order chi connectivity index (χ1) is 34.2. The van der Waals surface area contributed by atoms with Crippen molar-refractivity contribution in [2.75, 3.05) is 69.9 Å². The maximum Gasteiger partial charge on any atom is 0.315 e. The van der Waals surface area contributed by atoms with Crippen molar-refractivity contribution in [1.29, 1.82) is 0 Å². The fraction of sp³-hybridized carbons (Fsp3) is 0.404. The summed E-state index contributed by atoms with van der Waals surface area (Å²) in [6.07, 6.45) is 3.75. The zero-order valence-corrected chi connectivity index (χ0v) is 39.9. The van der Waals surface area contributed by atoms with Gasteiger partial charge in [0.2, 0.25) is 17.7 Å². The molecule has 17 nitrogen and oxygen atoms in total. The van der Waals surface area contributed by atoms with Crippen LogP contribution >= 0.6 is 11.8 Å². The first kappa shape index (κ1) is 51.1. The monoisotopic (exact) mass is 972 g/mol. The van der Waals surface area contributed by atoms with Gasteiger partial charge in [-0.25, -0.2) is 4.79 Å². The summed E-state index contributed by atoms with van der Waals surface area (Å²) in [6.45, 7) is 3.67. The third-order valence-corrected chi connectivity index (χ3v) is 13.4. The number of carbonyl (C=O) groups is 5. The number of nitrogens with zero attached hydrogens (tertiary/aromatic N) is 3. The zero-order chi connectivity index (χ0) is 48.9. The van der Waals surface area contributed by atoms with Gasteiger partial charge in [-0.15, -0.1) is 5.11 Å². The molecule has 368 valence electrons. The van der Waals surface area contributed by atoms with Crippen LogP contribution in [-0.2, 0) is 41.6 Å². The van der Waals surface area contributed by atoms with E-state index >= 15 is 0 Å². The fourth-order valence-electron chi connectivity index (χ4n) is 8.10. The van der Waals surface area contributed by atoms with Crippen LogP contribution in [-0.4, -0.2) is 117 Å². The molecular formula is C52H60N8O9S. The SMILES string of the molecule is O=C(CCCC[C@@H]1SC[C@@H]2NC(=O)N[C@@H]21)NCCOCCOCCOCCNC(=O)c1ccc(N=Nc2cc(CCNC(=O)CCC(=O)N3Cc4ccccc4C#Cc4ccccc43)ccc2O)cc1. The zero-order valence-electron chi connectivity index (χ0n) is 39.1. The molecule has 4 aromatic rings. The van der Waals surface area contributed by atoms with Gasteiger partial charge in [0.15, 0.2) is 0 Å². The third-order valence-electron chi connectivity index (χ3n) is 11.8. The molecule has 0 aromatic heterocycles. The standard InChI is InChI=1S/C52H60N8O9S/c61-45-20-13-36(23-24-53-48(63)21-22-49(64)60-34-40-9-2-1-7-37(40)14-15-38-8-3-4-10-44(38)60)33-42(45)59-58-41-18-16-39(17-19-41)51(65)55-26-28-68-30-32-69-31-29-67-27-25-54-47(62)12-6-5-11-46-50-43(35-70-46)56-52(66)57-50/h1-4,7-10,13,16-20,33,43,46,50,61H,5-6,11-12,21-32,34-35H2,(H,53,63)(H,54,62)(H,55,65)(H2,56,57,66)/t43-,46-,50-/m0/s1. The molecule has 3 atom stereocenters. The highest BCUT2D eigenvalue weighted by atomic mass is 32.2. The first-order valence-electron chi connectivity index (χ1n) is 23.8. The summed E-state index contributed by atoms with van der Waals surface area (Å²) in [5, 5.41) is 33.8. The maximum atomic E-state index is 13.5. The van der Waals surface area contributed by atoms with E-state index in [1.54, 1.807) is 41.3 Å². The molecular weight excluding hydrogens is 913 g/mol. The molecule has 6 amide bonds. The number of anilines is 1. The van der Waals surface area contributed by atoms with Crippen molar-refractivity contribution in [3.05, 3.63) is 119 Å². The average Bonchev–Trinajstić information content (AvgIpc) is 3.93. The van der Waals surface area contributed by atoms with Gasteiger partial charge in [-0.05, 0) is 85.0 Å². The van der Waals surface area contributed by atoms with Crippen molar-refractivity contribution in [2.24, 2.45) is 10.2 Å². The Morgan fingerprint density at radius 3 is 2.21 bits per heavy atom. The van der Waals surface area contributed by atoms with Crippen LogP contribution in [0.1, 0.15) is 71.1 Å². The van der Waals surface area contributed by atoms with E-state index in [1.165, 1.54) is 6.07 Å². The number of hydrogen-bond acceptors (Lipinski definition) is 12. The van der Waals surface area contributed by atoms with E-state index in [0.29, 0.717) is 95.2 Å². The second kappa shape index (κ2) is 26.8. The normalized spacial score (nSPS) is 16.7. The van der Waals surface area contributed by atoms with Crippen LogP contribution in [0, 0.1) is 11.8 Å². The predicted molar refractivity (Wildman–Crippen MR) is 266 cm³/mol. The van der Waals surface area contributed by atoms with Crippen LogP contribution in [0.15, 0.2) is 101 Å². The Labute approximate surface area is 412 Å². The van der Waals surface area contributed by atoms with Gasteiger partial charge in [0.25, 0.3) is 5.91 Å². The summed E-state index contributed by atoms with van der Waals surface area (Å²) < 4.78 is 16.6. The lowest BCUT2D eigenvalue weighted by molar-refractivity contribution is -0.125. The number of azo groups is 1. The Hall–Kier alpha value is -6.78. The van der Waals surface area contributed by atoms with Gasteiger partial charge in [0.05, 0.1) is 69.6 Å². The van der Waals surface area contributed by atoms with Gasteiger partial charge in [0.1, 0.15) is 11.4 Å². The fourth-order valence-corrected chi connectivity index (χ4v) is 9.64. The summed E-state index contributed by atoms with van der Waals surface area (Å²) in [5.41, 5.74) is 5.29. The number of nitrogens with one attached hydrogen (secondary N) is 5. The Morgan fingerprint density at radius 1 is 0.729 bits per heavy atom. The lowest BCUT2D eigenvalue weighted by atomic mass is 10.0. The second-order valence-electron chi connectivity index (χ2n) is 16.9. The Kier molecular flexibility index (Phi) is 19.6. The highest BCUT2D eigenvalue weighted by Crippen LogP contribution is 2.33. The van der Waals surface area contributed by atoms with Crippen LogP contribution in [0.25, 0.3) is 0 Å². The third kappa shape index (κ3) is 15.6. The molecule has 3 aliphatic heterocycles. The maximum absolute atomic E-state index is 13.5. The number of aromatic hydroxyl groups is 1. The number of ether oxygens (including phenoxy) is 3. The van der Waals surface area contributed by atoms with Crippen molar-refractivity contribution in [3.63, 3.8) is 0 Å². The molecule has 0 saturated carbocycles. The minimum Gasteiger partial charge on any atom is -0.506 e. The number of benzene rings is 4. The molecule has 3 heterocycles. The number of hydrogen-bond donors (Lipinski definition) is 6. The molecule has 0 aliphatic carbocycles. The smallest absolute Gasteiger partial charge is 0.315 e. The van der Waals surface area contributed by atoms with E-state index in [9.17, 15) is 29.1 Å². The van der Waals surface area contributed by atoms with Gasteiger partial charge in [-0.3, -0.25) is 19.2 Å². The van der Waals surface area contributed by atoms with E-state index in [-0.39, 0.29) is 66.0 Å². The molecule has 2 fully saturated rings. The van der Waals surface area contributed by atoms with E-state index in [0.717, 1.165) is 53.0 Å². The van der Waals surface area contributed by atoms with Crippen molar-refractivity contribution in [2.45, 2.75) is 68.8 Å².